The zero-order valence-electron chi connectivity index (χ0n) is 21.0. The Labute approximate surface area is 220 Å². The van der Waals surface area contributed by atoms with Gasteiger partial charge in [0.2, 0.25) is 0 Å². The number of hydrogen-bond donors (Lipinski definition) is 1. The molecule has 1 aliphatic carbocycles. The summed E-state index contributed by atoms with van der Waals surface area (Å²) in [6.07, 6.45) is 9.83. The number of nitrogen functional groups attached to an aromatic ring is 1. The largest absolute Gasteiger partial charge is 0.497 e. The Balaban J connectivity index is 1.21. The third-order valence-electron chi connectivity index (χ3n) is 6.88. The average Bonchev–Trinajstić information content (AvgIpc) is 3.35. The number of hydrogen-bond acceptors (Lipinski definition) is 7. The number of pyridine rings is 1. The third-order valence-corrected chi connectivity index (χ3v) is 6.88. The summed E-state index contributed by atoms with van der Waals surface area (Å²) < 4.78 is 6.86. The van der Waals surface area contributed by atoms with Crippen LogP contribution in [0.4, 0.5) is 5.82 Å². The smallest absolute Gasteiger partial charge is 0.251 e. The minimum Gasteiger partial charge on any atom is -0.497 e. The molecule has 0 amide bonds. The summed E-state index contributed by atoms with van der Waals surface area (Å²) in [6.45, 7) is 0. The summed E-state index contributed by atoms with van der Waals surface area (Å²) in [5, 5.41) is 4.36. The van der Waals surface area contributed by atoms with E-state index in [0.29, 0.717) is 11.5 Å². The fourth-order valence-electron chi connectivity index (χ4n) is 4.82. The summed E-state index contributed by atoms with van der Waals surface area (Å²) in [5.41, 5.74) is 14.0. The second-order valence-electron chi connectivity index (χ2n) is 9.39. The van der Waals surface area contributed by atoms with Gasteiger partial charge in [-0.15, -0.1) is 5.10 Å². The number of aromatic nitrogens is 5. The SMILES string of the molecule is COc1ccc2c(c1)CCc1cnc(-n3cc(C(=O)Cc4ccc(Cc5ccncc5)cc4)c(N)n3)nc1-2. The van der Waals surface area contributed by atoms with Crippen molar-refractivity contribution in [2.75, 3.05) is 12.8 Å². The van der Waals surface area contributed by atoms with Crippen LogP contribution in [0, 0.1) is 0 Å². The van der Waals surface area contributed by atoms with Crippen molar-refractivity contribution in [3.05, 3.63) is 113 Å². The van der Waals surface area contributed by atoms with Crippen LogP contribution in [0.5, 0.6) is 5.75 Å². The van der Waals surface area contributed by atoms with Gasteiger partial charge in [0.05, 0.1) is 18.4 Å². The lowest BCUT2D eigenvalue weighted by atomic mass is 9.90. The fourth-order valence-corrected chi connectivity index (χ4v) is 4.82. The lowest BCUT2D eigenvalue weighted by Crippen LogP contribution is -2.10. The van der Waals surface area contributed by atoms with Crippen LogP contribution in [0.2, 0.25) is 0 Å². The molecule has 0 aliphatic heterocycles. The van der Waals surface area contributed by atoms with Crippen molar-refractivity contribution >= 4 is 11.6 Å². The number of methoxy groups -OCH3 is 1. The molecule has 0 unspecified atom stereocenters. The first kappa shape index (κ1) is 23.5. The quantitative estimate of drug-likeness (QED) is 0.328. The highest BCUT2D eigenvalue weighted by atomic mass is 16.5. The van der Waals surface area contributed by atoms with Crippen molar-refractivity contribution in [2.45, 2.75) is 25.7 Å². The van der Waals surface area contributed by atoms with E-state index >= 15 is 0 Å². The summed E-state index contributed by atoms with van der Waals surface area (Å²) in [7, 11) is 1.67. The van der Waals surface area contributed by atoms with Gasteiger partial charge in [-0.2, -0.15) is 0 Å². The Kier molecular flexibility index (Phi) is 6.13. The highest BCUT2D eigenvalue weighted by molar-refractivity contribution is 6.01. The molecule has 1 aliphatic rings. The highest BCUT2D eigenvalue weighted by Crippen LogP contribution is 2.34. The molecule has 8 nitrogen and oxygen atoms in total. The van der Waals surface area contributed by atoms with Gasteiger partial charge >= 0.3 is 0 Å². The first-order valence-electron chi connectivity index (χ1n) is 12.5. The van der Waals surface area contributed by atoms with E-state index in [1.165, 1.54) is 21.4 Å². The summed E-state index contributed by atoms with van der Waals surface area (Å²) in [4.78, 5) is 26.5. The van der Waals surface area contributed by atoms with Crippen molar-refractivity contribution in [3.8, 4) is 23.0 Å². The normalized spacial score (nSPS) is 12.0. The highest BCUT2D eigenvalue weighted by Gasteiger charge is 2.21. The molecule has 0 saturated carbocycles. The van der Waals surface area contributed by atoms with E-state index in [1.807, 2.05) is 54.7 Å². The molecule has 2 aromatic carbocycles. The Morgan fingerprint density at radius 3 is 2.50 bits per heavy atom. The second-order valence-corrected chi connectivity index (χ2v) is 9.39. The van der Waals surface area contributed by atoms with E-state index in [0.717, 1.165) is 47.4 Å². The number of aryl methyl sites for hydroxylation is 2. The zero-order valence-corrected chi connectivity index (χ0v) is 21.0. The maximum absolute atomic E-state index is 13.1. The fraction of sp³-hybridized carbons (Fsp3) is 0.167. The van der Waals surface area contributed by atoms with Crippen LogP contribution in [-0.4, -0.2) is 37.6 Å². The summed E-state index contributed by atoms with van der Waals surface area (Å²) >= 11 is 0. The van der Waals surface area contributed by atoms with Gasteiger partial charge in [0, 0.05) is 36.8 Å². The van der Waals surface area contributed by atoms with Crippen molar-refractivity contribution in [2.24, 2.45) is 0 Å². The molecular formula is C30H26N6O2. The minimum atomic E-state index is -0.106. The molecule has 0 saturated heterocycles. The van der Waals surface area contributed by atoms with Gasteiger partial charge in [0.25, 0.3) is 5.95 Å². The number of benzene rings is 2. The maximum atomic E-state index is 13.1. The van der Waals surface area contributed by atoms with Gasteiger partial charge in [-0.25, -0.2) is 14.6 Å². The number of fused-ring (bicyclic) bond motifs is 3. The number of ether oxygens (including phenoxy) is 1. The molecule has 8 heteroatoms. The summed E-state index contributed by atoms with van der Waals surface area (Å²) in [6, 6.07) is 18.1. The Morgan fingerprint density at radius 1 is 0.974 bits per heavy atom. The molecule has 3 aromatic heterocycles. The second kappa shape index (κ2) is 9.89. The third kappa shape index (κ3) is 4.64. The molecule has 3 heterocycles. The predicted molar refractivity (Wildman–Crippen MR) is 144 cm³/mol. The molecular weight excluding hydrogens is 476 g/mol. The monoisotopic (exact) mass is 502 g/mol. The van der Waals surface area contributed by atoms with Crippen LogP contribution in [0.25, 0.3) is 17.2 Å². The zero-order chi connectivity index (χ0) is 26.1. The first-order chi connectivity index (χ1) is 18.6. The van der Waals surface area contributed by atoms with Gasteiger partial charge in [-0.05, 0) is 77.4 Å². The summed E-state index contributed by atoms with van der Waals surface area (Å²) in [5.74, 6) is 1.26. The molecule has 2 N–H and O–H groups in total. The van der Waals surface area contributed by atoms with Gasteiger partial charge < -0.3 is 10.5 Å². The number of nitrogens with two attached hydrogens (primary N) is 1. The van der Waals surface area contributed by atoms with E-state index in [4.69, 9.17) is 15.5 Å². The number of anilines is 1. The molecule has 38 heavy (non-hydrogen) atoms. The van der Waals surface area contributed by atoms with Gasteiger partial charge in [-0.1, -0.05) is 24.3 Å². The van der Waals surface area contributed by atoms with Gasteiger partial charge in [-0.3, -0.25) is 9.78 Å². The number of rotatable bonds is 7. The molecule has 0 atom stereocenters. The number of ketones is 1. The molecule has 0 bridgehead atoms. The molecule has 0 spiro atoms. The number of nitrogens with zero attached hydrogens (tertiary/aromatic N) is 5. The van der Waals surface area contributed by atoms with Gasteiger partial charge in [0.15, 0.2) is 11.6 Å². The maximum Gasteiger partial charge on any atom is 0.251 e. The topological polar surface area (TPSA) is 109 Å². The number of carbonyl (C=O) groups is 1. The van der Waals surface area contributed by atoms with Crippen molar-refractivity contribution in [1.29, 1.82) is 0 Å². The molecule has 0 fully saturated rings. The molecule has 188 valence electrons. The van der Waals surface area contributed by atoms with Crippen molar-refractivity contribution < 1.29 is 9.53 Å². The van der Waals surface area contributed by atoms with Crippen LogP contribution in [0.3, 0.4) is 0 Å². The van der Waals surface area contributed by atoms with E-state index in [2.05, 4.69) is 21.1 Å². The molecule has 0 radical (unpaired) electrons. The molecule has 5 aromatic rings. The number of carbonyl (C=O) groups excluding carboxylic acids is 1. The first-order valence-corrected chi connectivity index (χ1v) is 12.5. The van der Waals surface area contributed by atoms with E-state index < -0.39 is 0 Å². The minimum absolute atomic E-state index is 0.106. The predicted octanol–water partition coefficient (Wildman–Crippen LogP) is 4.43. The van der Waals surface area contributed by atoms with Crippen LogP contribution in [-0.2, 0) is 25.7 Å². The van der Waals surface area contributed by atoms with Crippen LogP contribution in [0.1, 0.15) is 38.2 Å². The van der Waals surface area contributed by atoms with E-state index in [-0.39, 0.29) is 18.0 Å². The van der Waals surface area contributed by atoms with Crippen molar-refractivity contribution in [3.63, 3.8) is 0 Å². The Morgan fingerprint density at radius 2 is 1.71 bits per heavy atom. The van der Waals surface area contributed by atoms with Crippen LogP contribution in [0.15, 0.2) is 79.4 Å². The van der Waals surface area contributed by atoms with Crippen LogP contribution >= 0.6 is 0 Å². The van der Waals surface area contributed by atoms with E-state index in [9.17, 15) is 4.79 Å². The van der Waals surface area contributed by atoms with Crippen molar-refractivity contribution in [1.82, 2.24) is 24.7 Å². The standard InChI is InChI=1S/C30H26N6O2/c1-38-24-8-9-25-22(16-24)6-7-23-17-33-30(34-28(23)25)36-18-26(29(31)35-36)27(37)15-20-4-2-19(3-5-20)14-21-10-12-32-13-11-21/h2-5,8-13,16-18H,6-7,14-15H2,1H3,(H2,31,35). The lowest BCUT2D eigenvalue weighted by molar-refractivity contribution is 0.0994. The van der Waals surface area contributed by atoms with Gasteiger partial charge in [0.1, 0.15) is 5.75 Å². The van der Waals surface area contributed by atoms with Crippen LogP contribution < -0.4 is 10.5 Å². The average molecular weight is 503 g/mol. The Hall–Kier alpha value is -4.85. The number of Topliss-reactive ketones (excluding diaryl/α,β-unsaturated/α-hetero) is 1. The lowest BCUT2D eigenvalue weighted by Gasteiger charge is -2.19. The van der Waals surface area contributed by atoms with E-state index in [1.54, 1.807) is 25.7 Å². The Bertz CT molecular complexity index is 1630. The molecule has 6 rings (SSSR count).